The minimum atomic E-state index is -0.336. The van der Waals surface area contributed by atoms with Crippen molar-refractivity contribution in [3.05, 3.63) is 45.0 Å². The predicted octanol–water partition coefficient (Wildman–Crippen LogP) is 2.59. The number of hydrogen-bond acceptors (Lipinski definition) is 4. The van der Waals surface area contributed by atoms with Crippen molar-refractivity contribution in [2.24, 2.45) is 5.73 Å². The van der Waals surface area contributed by atoms with E-state index in [1.54, 1.807) is 17.6 Å². The van der Waals surface area contributed by atoms with Crippen molar-refractivity contribution < 1.29 is 9.21 Å². The standard InChI is InChI=1S/C12H13BrN2O2S/c13-9-4-11(18-8-9)6-15(7-12(14)16)5-10-2-1-3-17-10/h1-4,8H,5-7H2,(H2,14,16). The van der Waals surface area contributed by atoms with E-state index in [1.807, 2.05) is 28.5 Å². The number of amides is 1. The average Bonchev–Trinajstić information content (AvgIpc) is 2.89. The molecule has 0 atom stereocenters. The number of nitrogens with zero attached hydrogens (tertiary/aromatic N) is 1. The smallest absolute Gasteiger partial charge is 0.231 e. The highest BCUT2D eigenvalue weighted by Gasteiger charge is 2.12. The molecule has 2 rings (SSSR count). The molecular weight excluding hydrogens is 316 g/mol. The fourth-order valence-electron chi connectivity index (χ4n) is 1.67. The van der Waals surface area contributed by atoms with E-state index in [1.165, 1.54) is 4.88 Å². The maximum absolute atomic E-state index is 11.1. The molecule has 0 aromatic carbocycles. The lowest BCUT2D eigenvalue weighted by Gasteiger charge is -2.18. The summed E-state index contributed by atoms with van der Waals surface area (Å²) in [5.41, 5.74) is 5.26. The van der Waals surface area contributed by atoms with Gasteiger partial charge in [-0.05, 0) is 34.1 Å². The van der Waals surface area contributed by atoms with Crippen LogP contribution in [0.5, 0.6) is 0 Å². The zero-order chi connectivity index (χ0) is 13.0. The minimum absolute atomic E-state index is 0.218. The van der Waals surface area contributed by atoms with E-state index in [4.69, 9.17) is 10.2 Å². The number of halogens is 1. The van der Waals surface area contributed by atoms with Crippen LogP contribution in [0, 0.1) is 0 Å². The number of thiophene rings is 1. The summed E-state index contributed by atoms with van der Waals surface area (Å²) in [6, 6.07) is 5.76. The maximum Gasteiger partial charge on any atom is 0.231 e. The highest BCUT2D eigenvalue weighted by Crippen LogP contribution is 2.21. The highest BCUT2D eigenvalue weighted by atomic mass is 79.9. The van der Waals surface area contributed by atoms with Gasteiger partial charge in [-0.3, -0.25) is 9.69 Å². The Kier molecular flexibility index (Phi) is 4.57. The first-order valence-corrected chi connectivity index (χ1v) is 7.06. The van der Waals surface area contributed by atoms with E-state index in [0.717, 1.165) is 10.2 Å². The predicted molar refractivity (Wildman–Crippen MR) is 74.0 cm³/mol. The lowest BCUT2D eigenvalue weighted by molar-refractivity contribution is -0.119. The molecule has 2 aromatic heterocycles. The molecule has 1 amide bonds. The second kappa shape index (κ2) is 6.17. The molecule has 18 heavy (non-hydrogen) atoms. The fourth-order valence-corrected chi connectivity index (χ4v) is 3.16. The molecule has 0 saturated carbocycles. The molecule has 2 N–H and O–H groups in total. The Labute approximate surface area is 118 Å². The topological polar surface area (TPSA) is 59.5 Å². The third kappa shape index (κ3) is 3.97. The van der Waals surface area contributed by atoms with Gasteiger partial charge in [0.25, 0.3) is 0 Å². The second-order valence-corrected chi connectivity index (χ2v) is 5.83. The van der Waals surface area contributed by atoms with Crippen LogP contribution >= 0.6 is 27.3 Å². The molecule has 0 spiro atoms. The van der Waals surface area contributed by atoms with Gasteiger partial charge in [0.2, 0.25) is 5.91 Å². The number of hydrogen-bond donors (Lipinski definition) is 1. The fraction of sp³-hybridized carbons (Fsp3) is 0.250. The van der Waals surface area contributed by atoms with Crippen molar-refractivity contribution in [1.29, 1.82) is 0 Å². The number of primary amides is 1. The minimum Gasteiger partial charge on any atom is -0.468 e. The van der Waals surface area contributed by atoms with Gasteiger partial charge in [-0.25, -0.2) is 0 Å². The Morgan fingerprint density at radius 1 is 1.50 bits per heavy atom. The summed E-state index contributed by atoms with van der Waals surface area (Å²) in [6.07, 6.45) is 1.62. The van der Waals surface area contributed by atoms with Crippen molar-refractivity contribution in [2.45, 2.75) is 13.1 Å². The second-order valence-electron chi connectivity index (χ2n) is 3.92. The molecule has 96 valence electrons. The number of nitrogens with two attached hydrogens (primary N) is 1. The Bertz CT molecular complexity index is 510. The summed E-state index contributed by atoms with van der Waals surface area (Å²) < 4.78 is 6.34. The van der Waals surface area contributed by atoms with Crippen LogP contribution in [-0.4, -0.2) is 17.4 Å². The van der Waals surface area contributed by atoms with Crippen LogP contribution < -0.4 is 5.73 Å². The summed E-state index contributed by atoms with van der Waals surface area (Å²) in [5.74, 6) is 0.490. The Balaban J connectivity index is 2.02. The van der Waals surface area contributed by atoms with Gasteiger partial charge >= 0.3 is 0 Å². The molecule has 0 saturated heterocycles. The van der Waals surface area contributed by atoms with E-state index in [9.17, 15) is 4.79 Å². The van der Waals surface area contributed by atoms with Gasteiger partial charge in [0.05, 0.1) is 19.4 Å². The van der Waals surface area contributed by atoms with Crippen LogP contribution in [0.1, 0.15) is 10.6 Å². The largest absolute Gasteiger partial charge is 0.468 e. The first-order valence-electron chi connectivity index (χ1n) is 5.39. The molecule has 0 bridgehead atoms. The van der Waals surface area contributed by atoms with Gasteiger partial charge in [0.15, 0.2) is 0 Å². The van der Waals surface area contributed by atoms with Gasteiger partial charge in [-0.15, -0.1) is 11.3 Å². The zero-order valence-corrected chi connectivity index (χ0v) is 12.0. The number of carbonyl (C=O) groups is 1. The van der Waals surface area contributed by atoms with Crippen LogP contribution in [0.2, 0.25) is 0 Å². The Morgan fingerprint density at radius 2 is 2.33 bits per heavy atom. The van der Waals surface area contributed by atoms with Crippen LogP contribution in [-0.2, 0) is 17.9 Å². The highest BCUT2D eigenvalue weighted by molar-refractivity contribution is 9.10. The summed E-state index contributed by atoms with van der Waals surface area (Å²) in [6.45, 7) is 1.47. The molecule has 2 aromatic rings. The molecule has 0 aliphatic rings. The monoisotopic (exact) mass is 328 g/mol. The molecule has 0 unspecified atom stereocenters. The number of rotatable bonds is 6. The summed E-state index contributed by atoms with van der Waals surface area (Å²) in [4.78, 5) is 14.2. The van der Waals surface area contributed by atoms with Crippen molar-refractivity contribution in [2.75, 3.05) is 6.54 Å². The SMILES string of the molecule is NC(=O)CN(Cc1ccco1)Cc1cc(Br)cs1. The van der Waals surface area contributed by atoms with Crippen LogP contribution in [0.4, 0.5) is 0 Å². The third-order valence-electron chi connectivity index (χ3n) is 2.34. The van der Waals surface area contributed by atoms with Gasteiger partial charge in [-0.2, -0.15) is 0 Å². The molecule has 0 radical (unpaired) electrons. The molecule has 0 aliphatic heterocycles. The van der Waals surface area contributed by atoms with Gasteiger partial charge in [-0.1, -0.05) is 0 Å². The van der Waals surface area contributed by atoms with Crippen LogP contribution in [0.15, 0.2) is 38.7 Å². The van der Waals surface area contributed by atoms with Gasteiger partial charge < -0.3 is 10.2 Å². The number of carbonyl (C=O) groups excluding carboxylic acids is 1. The number of furan rings is 1. The molecule has 2 heterocycles. The molecule has 6 heteroatoms. The maximum atomic E-state index is 11.1. The van der Waals surface area contributed by atoms with E-state index >= 15 is 0 Å². The quantitative estimate of drug-likeness (QED) is 0.886. The third-order valence-corrected chi connectivity index (χ3v) is 4.02. The lowest BCUT2D eigenvalue weighted by Crippen LogP contribution is -2.32. The van der Waals surface area contributed by atoms with Gasteiger partial charge in [0, 0.05) is 21.3 Å². The molecule has 0 aliphatic carbocycles. The zero-order valence-electron chi connectivity index (χ0n) is 9.64. The van der Waals surface area contributed by atoms with E-state index in [0.29, 0.717) is 13.1 Å². The molecular formula is C12H13BrN2O2S. The summed E-state index contributed by atoms with van der Waals surface area (Å²) in [5, 5.41) is 2.02. The summed E-state index contributed by atoms with van der Waals surface area (Å²) in [7, 11) is 0. The van der Waals surface area contributed by atoms with E-state index in [2.05, 4.69) is 15.9 Å². The lowest BCUT2D eigenvalue weighted by atomic mass is 10.3. The molecule has 4 nitrogen and oxygen atoms in total. The Hall–Kier alpha value is -1.11. The molecule has 0 fully saturated rings. The Morgan fingerprint density at radius 3 is 2.89 bits per heavy atom. The first-order chi connectivity index (χ1) is 8.63. The van der Waals surface area contributed by atoms with Crippen LogP contribution in [0.25, 0.3) is 0 Å². The van der Waals surface area contributed by atoms with Crippen molar-refractivity contribution >= 4 is 33.2 Å². The van der Waals surface area contributed by atoms with Crippen LogP contribution in [0.3, 0.4) is 0 Å². The van der Waals surface area contributed by atoms with E-state index in [-0.39, 0.29) is 12.5 Å². The first kappa shape index (κ1) is 13.3. The summed E-state index contributed by atoms with van der Waals surface area (Å²) >= 11 is 5.06. The van der Waals surface area contributed by atoms with Crippen molar-refractivity contribution in [1.82, 2.24) is 4.90 Å². The van der Waals surface area contributed by atoms with Gasteiger partial charge in [0.1, 0.15) is 5.76 Å². The average molecular weight is 329 g/mol. The normalized spacial score (nSPS) is 11.0. The van der Waals surface area contributed by atoms with Crippen molar-refractivity contribution in [3.63, 3.8) is 0 Å². The van der Waals surface area contributed by atoms with Crippen molar-refractivity contribution in [3.8, 4) is 0 Å². The van der Waals surface area contributed by atoms with E-state index < -0.39 is 0 Å².